The zero-order chi connectivity index (χ0) is 18.0. The minimum Gasteiger partial charge on any atom is -0.348 e. The number of rotatable bonds is 3. The van der Waals surface area contributed by atoms with Gasteiger partial charge in [0.05, 0.1) is 5.56 Å². The number of pyridine rings is 1. The minimum atomic E-state index is -4.51. The minimum absolute atomic E-state index is 0.0493. The normalized spacial score (nSPS) is 12.1. The van der Waals surface area contributed by atoms with Crippen LogP contribution >= 0.6 is 0 Å². The van der Waals surface area contributed by atoms with Crippen molar-refractivity contribution in [3.05, 3.63) is 65.0 Å². The second-order valence-electron chi connectivity index (χ2n) is 6.56. The van der Waals surface area contributed by atoms with Crippen molar-refractivity contribution in [2.24, 2.45) is 0 Å². The van der Waals surface area contributed by atoms with Crippen LogP contribution in [-0.2, 0) is 18.1 Å². The Balaban J connectivity index is 1.98. The lowest BCUT2D eigenvalue weighted by molar-refractivity contribution is -0.141. The Morgan fingerprint density at radius 1 is 1.04 bits per heavy atom. The highest BCUT2D eigenvalue weighted by Crippen LogP contribution is 2.27. The zero-order valence-electron chi connectivity index (χ0n) is 13.7. The summed E-state index contributed by atoms with van der Waals surface area (Å²) in [6, 6.07) is 9.76. The molecule has 0 radical (unpaired) electrons. The summed E-state index contributed by atoms with van der Waals surface area (Å²) in [6.07, 6.45) is -3.58. The van der Waals surface area contributed by atoms with E-state index in [9.17, 15) is 18.0 Å². The Hall–Kier alpha value is -2.37. The van der Waals surface area contributed by atoms with Gasteiger partial charge in [0, 0.05) is 12.7 Å². The van der Waals surface area contributed by atoms with Gasteiger partial charge < -0.3 is 5.32 Å². The number of amides is 1. The van der Waals surface area contributed by atoms with Gasteiger partial charge in [0.25, 0.3) is 5.91 Å². The van der Waals surface area contributed by atoms with Gasteiger partial charge in [-0.3, -0.25) is 9.78 Å². The van der Waals surface area contributed by atoms with E-state index in [2.05, 4.69) is 31.1 Å². The van der Waals surface area contributed by atoms with Crippen molar-refractivity contribution in [1.82, 2.24) is 10.3 Å². The summed E-state index contributed by atoms with van der Waals surface area (Å²) in [4.78, 5) is 15.3. The number of alkyl halides is 3. The molecule has 1 amide bonds. The summed E-state index contributed by atoms with van der Waals surface area (Å²) in [7, 11) is 0. The van der Waals surface area contributed by atoms with Crippen LogP contribution < -0.4 is 5.32 Å². The van der Waals surface area contributed by atoms with E-state index in [1.165, 1.54) is 5.56 Å². The van der Waals surface area contributed by atoms with Crippen molar-refractivity contribution >= 4 is 5.91 Å². The van der Waals surface area contributed by atoms with Crippen molar-refractivity contribution in [3.8, 4) is 0 Å². The van der Waals surface area contributed by atoms with Crippen LogP contribution in [-0.4, -0.2) is 10.9 Å². The predicted octanol–water partition coefficient (Wildman–Crippen LogP) is 4.33. The number of hydrogen-bond acceptors (Lipinski definition) is 2. The van der Waals surface area contributed by atoms with E-state index >= 15 is 0 Å². The van der Waals surface area contributed by atoms with E-state index in [0.717, 1.165) is 23.9 Å². The van der Waals surface area contributed by atoms with Crippen molar-refractivity contribution in [2.75, 3.05) is 0 Å². The third-order valence-corrected chi connectivity index (χ3v) is 3.59. The summed E-state index contributed by atoms with van der Waals surface area (Å²) >= 11 is 0. The number of aromatic nitrogens is 1. The molecule has 0 bridgehead atoms. The molecule has 1 aromatic carbocycles. The van der Waals surface area contributed by atoms with E-state index in [-0.39, 0.29) is 11.0 Å². The summed E-state index contributed by atoms with van der Waals surface area (Å²) in [5.41, 5.74) is 1.22. The predicted molar refractivity (Wildman–Crippen MR) is 85.6 cm³/mol. The van der Waals surface area contributed by atoms with Gasteiger partial charge in [-0.05, 0) is 28.7 Å². The molecule has 3 nitrogen and oxygen atoms in total. The van der Waals surface area contributed by atoms with Gasteiger partial charge in [0.2, 0.25) is 0 Å². The van der Waals surface area contributed by atoms with Crippen LogP contribution in [0.25, 0.3) is 0 Å². The van der Waals surface area contributed by atoms with Gasteiger partial charge in [0.1, 0.15) is 5.69 Å². The average molecular weight is 336 g/mol. The summed E-state index contributed by atoms with van der Waals surface area (Å²) < 4.78 is 37.3. The number of hydrogen-bond donors (Lipinski definition) is 1. The van der Waals surface area contributed by atoms with Crippen LogP contribution in [0.4, 0.5) is 13.2 Å². The molecule has 2 aromatic rings. The van der Waals surface area contributed by atoms with Crippen LogP contribution in [0.5, 0.6) is 0 Å². The first-order valence-corrected chi connectivity index (χ1v) is 7.48. The van der Waals surface area contributed by atoms with Gasteiger partial charge in [-0.2, -0.15) is 13.2 Å². The highest BCUT2D eigenvalue weighted by molar-refractivity contribution is 5.93. The zero-order valence-corrected chi connectivity index (χ0v) is 13.7. The molecule has 2 rings (SSSR count). The topological polar surface area (TPSA) is 42.0 Å². The Bertz CT molecular complexity index is 699. The fraction of sp³-hybridized carbons (Fsp3) is 0.333. The number of nitrogens with one attached hydrogen (secondary N) is 1. The largest absolute Gasteiger partial charge is 0.433 e. The second-order valence-corrected chi connectivity index (χ2v) is 6.56. The number of halogens is 3. The van der Waals surface area contributed by atoms with Crippen LogP contribution in [0.3, 0.4) is 0 Å². The molecule has 1 aromatic heterocycles. The molecule has 0 fully saturated rings. The first-order chi connectivity index (χ1) is 11.1. The second kappa shape index (κ2) is 6.63. The molecule has 0 saturated heterocycles. The molecule has 0 aliphatic rings. The van der Waals surface area contributed by atoms with Crippen LogP contribution in [0.15, 0.2) is 42.6 Å². The highest BCUT2D eigenvalue weighted by atomic mass is 19.4. The van der Waals surface area contributed by atoms with E-state index in [1.54, 1.807) is 0 Å². The number of carbonyl (C=O) groups is 1. The molecule has 128 valence electrons. The fourth-order valence-corrected chi connectivity index (χ4v) is 2.10. The van der Waals surface area contributed by atoms with E-state index in [0.29, 0.717) is 6.54 Å². The molecule has 0 atom stereocenters. The molecule has 6 heteroatoms. The van der Waals surface area contributed by atoms with Gasteiger partial charge in [-0.1, -0.05) is 45.0 Å². The monoisotopic (exact) mass is 336 g/mol. The molecular formula is C18H19F3N2O. The van der Waals surface area contributed by atoms with Crippen molar-refractivity contribution in [3.63, 3.8) is 0 Å². The fourth-order valence-electron chi connectivity index (χ4n) is 2.10. The Morgan fingerprint density at radius 3 is 2.12 bits per heavy atom. The Morgan fingerprint density at radius 2 is 1.67 bits per heavy atom. The third-order valence-electron chi connectivity index (χ3n) is 3.59. The highest BCUT2D eigenvalue weighted by Gasteiger charge is 2.32. The van der Waals surface area contributed by atoms with Gasteiger partial charge in [-0.15, -0.1) is 0 Å². The van der Waals surface area contributed by atoms with E-state index in [1.807, 2.05) is 24.3 Å². The number of nitrogens with zero attached hydrogens (tertiary/aromatic N) is 1. The Kier molecular flexibility index (Phi) is 4.96. The molecule has 0 spiro atoms. The van der Waals surface area contributed by atoms with Crippen LogP contribution in [0.2, 0.25) is 0 Å². The van der Waals surface area contributed by atoms with Gasteiger partial charge >= 0.3 is 6.18 Å². The molecule has 0 saturated carbocycles. The molecule has 0 aliphatic carbocycles. The maximum Gasteiger partial charge on any atom is 0.433 e. The number of carbonyl (C=O) groups excluding carboxylic acids is 1. The van der Waals surface area contributed by atoms with E-state index in [4.69, 9.17) is 0 Å². The van der Waals surface area contributed by atoms with Gasteiger partial charge in [-0.25, -0.2) is 0 Å². The molecule has 1 N–H and O–H groups in total. The molecule has 0 unspecified atom stereocenters. The number of benzene rings is 1. The maximum absolute atomic E-state index is 12.4. The quantitative estimate of drug-likeness (QED) is 0.906. The first kappa shape index (κ1) is 18.0. The molecule has 0 aliphatic heterocycles. The summed E-state index contributed by atoms with van der Waals surface area (Å²) in [6.45, 7) is 6.63. The molecule has 24 heavy (non-hydrogen) atoms. The smallest absolute Gasteiger partial charge is 0.348 e. The first-order valence-electron chi connectivity index (χ1n) is 7.48. The van der Waals surface area contributed by atoms with Crippen molar-refractivity contribution < 1.29 is 18.0 Å². The SMILES string of the molecule is CC(C)(C)c1ccc(CNC(=O)c2ccc(C(F)(F)F)nc2)cc1. The molecule has 1 heterocycles. The summed E-state index contributed by atoms with van der Waals surface area (Å²) in [5.74, 6) is -0.462. The van der Waals surface area contributed by atoms with Crippen LogP contribution in [0, 0.1) is 0 Å². The standard InChI is InChI=1S/C18H19F3N2O/c1-17(2,3)14-7-4-12(5-8-14)10-23-16(24)13-6-9-15(22-11-13)18(19,20)21/h4-9,11H,10H2,1-3H3,(H,23,24). The Labute approximate surface area is 138 Å². The lowest BCUT2D eigenvalue weighted by atomic mass is 9.87. The third kappa shape index (κ3) is 4.57. The van der Waals surface area contributed by atoms with E-state index < -0.39 is 17.8 Å². The van der Waals surface area contributed by atoms with Crippen molar-refractivity contribution in [1.29, 1.82) is 0 Å². The van der Waals surface area contributed by atoms with Crippen LogP contribution in [0.1, 0.15) is 48.0 Å². The molecular weight excluding hydrogens is 317 g/mol. The lowest BCUT2D eigenvalue weighted by Crippen LogP contribution is -2.23. The van der Waals surface area contributed by atoms with Gasteiger partial charge in [0.15, 0.2) is 0 Å². The van der Waals surface area contributed by atoms with Crippen molar-refractivity contribution in [2.45, 2.75) is 38.9 Å². The summed E-state index contributed by atoms with van der Waals surface area (Å²) in [5, 5.41) is 2.67. The maximum atomic E-state index is 12.4. The average Bonchev–Trinajstić information content (AvgIpc) is 2.51. The lowest BCUT2D eigenvalue weighted by Gasteiger charge is -2.19.